The van der Waals surface area contributed by atoms with Gasteiger partial charge in [0.15, 0.2) is 5.78 Å². The quantitative estimate of drug-likeness (QED) is 0.407. The van der Waals surface area contributed by atoms with Crippen molar-refractivity contribution in [2.75, 3.05) is 19.3 Å². The molecule has 2 aromatic carbocycles. The van der Waals surface area contributed by atoms with Crippen LogP contribution in [0.1, 0.15) is 46.3 Å². The average molecular weight is 449 g/mol. The molecule has 7 heteroatoms. The third kappa shape index (κ3) is 6.91. The molecule has 0 saturated heterocycles. The zero-order valence-electron chi connectivity index (χ0n) is 17.3. The Hall–Kier alpha value is -1.73. The van der Waals surface area contributed by atoms with Gasteiger partial charge in [-0.1, -0.05) is 41.9 Å². The lowest BCUT2D eigenvalue weighted by molar-refractivity contribution is 0.0979. The first kappa shape index (κ1) is 22.9. The predicted molar refractivity (Wildman–Crippen MR) is 122 cm³/mol. The lowest BCUT2D eigenvalue weighted by Gasteiger charge is -2.08. The van der Waals surface area contributed by atoms with Crippen molar-refractivity contribution in [2.24, 2.45) is 0 Å². The third-order valence-electron chi connectivity index (χ3n) is 5.38. The number of unbranched alkanes of at least 4 members (excludes halogenated alkanes) is 1. The molecule has 30 heavy (non-hydrogen) atoms. The Labute approximate surface area is 184 Å². The minimum absolute atomic E-state index is 0.114. The maximum Gasteiger partial charge on any atom is 0.208 e. The molecule has 3 rings (SSSR count). The molecule has 1 aliphatic carbocycles. The fourth-order valence-corrected chi connectivity index (χ4v) is 4.91. The number of carbonyl (C=O) groups is 1. The summed E-state index contributed by atoms with van der Waals surface area (Å²) >= 11 is 6.16. The highest BCUT2D eigenvalue weighted by Crippen LogP contribution is 2.24. The Morgan fingerprint density at radius 3 is 2.60 bits per heavy atom. The van der Waals surface area contributed by atoms with Crippen LogP contribution in [0.25, 0.3) is 0 Å². The first-order valence-electron chi connectivity index (χ1n) is 10.4. The third-order valence-corrected chi connectivity index (χ3v) is 6.51. The highest BCUT2D eigenvalue weighted by Gasteiger charge is 2.24. The van der Waals surface area contributed by atoms with E-state index >= 15 is 0 Å². The van der Waals surface area contributed by atoms with Gasteiger partial charge in [-0.15, -0.1) is 0 Å². The summed E-state index contributed by atoms with van der Waals surface area (Å²) in [6.07, 6.45) is 5.69. The summed E-state index contributed by atoms with van der Waals surface area (Å²) in [5.74, 6) is 0.147. The van der Waals surface area contributed by atoms with Crippen LogP contribution in [-0.4, -0.2) is 39.6 Å². The second-order valence-electron chi connectivity index (χ2n) is 7.95. The minimum atomic E-state index is -3.22. The molecule has 1 unspecified atom stereocenters. The lowest BCUT2D eigenvalue weighted by Crippen LogP contribution is -2.34. The summed E-state index contributed by atoms with van der Waals surface area (Å²) in [4.78, 5) is 12.5. The van der Waals surface area contributed by atoms with Crippen LogP contribution in [0.3, 0.4) is 0 Å². The number of nitrogens with one attached hydrogen (secondary N) is 2. The van der Waals surface area contributed by atoms with Crippen molar-refractivity contribution in [3.63, 3.8) is 0 Å². The highest BCUT2D eigenvalue weighted by molar-refractivity contribution is 7.88. The summed E-state index contributed by atoms with van der Waals surface area (Å²) in [6.45, 7) is 1.74. The van der Waals surface area contributed by atoms with Crippen molar-refractivity contribution >= 4 is 27.4 Å². The number of sulfonamides is 1. The molecule has 0 spiro atoms. The fourth-order valence-electron chi connectivity index (χ4n) is 3.91. The molecule has 5 nitrogen and oxygen atoms in total. The highest BCUT2D eigenvalue weighted by atomic mass is 35.5. The molecule has 2 N–H and O–H groups in total. The fraction of sp³-hybridized carbons (Fsp3) is 0.435. The van der Waals surface area contributed by atoms with Crippen molar-refractivity contribution in [3.8, 4) is 0 Å². The number of carbonyl (C=O) groups excluding carboxylic acids is 1. The predicted octanol–water partition coefficient (Wildman–Crippen LogP) is 3.54. The van der Waals surface area contributed by atoms with Crippen molar-refractivity contribution in [1.82, 2.24) is 10.0 Å². The number of Topliss-reactive ketones (excluding diaryl/α,β-unsaturated/α-hetero) is 1. The molecule has 0 saturated carbocycles. The van der Waals surface area contributed by atoms with Gasteiger partial charge in [-0.05, 0) is 74.0 Å². The molecule has 0 aliphatic heterocycles. The zero-order chi connectivity index (χ0) is 21.6. The van der Waals surface area contributed by atoms with Crippen LogP contribution in [0.2, 0.25) is 5.02 Å². The summed E-state index contributed by atoms with van der Waals surface area (Å²) in [7, 11) is -3.22. The van der Waals surface area contributed by atoms with Gasteiger partial charge in [0.05, 0.1) is 6.26 Å². The molecule has 0 amide bonds. The Morgan fingerprint density at radius 1 is 1.07 bits per heavy atom. The second-order valence-corrected chi connectivity index (χ2v) is 10.1. The van der Waals surface area contributed by atoms with Crippen LogP contribution in [0.4, 0.5) is 0 Å². The van der Waals surface area contributed by atoms with Gasteiger partial charge in [-0.2, -0.15) is 0 Å². The first-order valence-corrected chi connectivity index (χ1v) is 12.7. The van der Waals surface area contributed by atoms with Crippen molar-refractivity contribution in [3.05, 3.63) is 69.7 Å². The maximum atomic E-state index is 12.5. The van der Waals surface area contributed by atoms with Gasteiger partial charge >= 0.3 is 0 Å². The molecule has 0 aromatic heterocycles. The van der Waals surface area contributed by atoms with Crippen LogP contribution >= 0.6 is 11.6 Å². The van der Waals surface area contributed by atoms with Gasteiger partial charge in [0.2, 0.25) is 10.0 Å². The van der Waals surface area contributed by atoms with Gasteiger partial charge in [-0.3, -0.25) is 4.79 Å². The van der Waals surface area contributed by atoms with Crippen LogP contribution in [0.5, 0.6) is 0 Å². The average Bonchev–Trinajstić information content (AvgIpc) is 3.07. The summed E-state index contributed by atoms with van der Waals surface area (Å²) in [5, 5.41) is 4.21. The van der Waals surface area contributed by atoms with Crippen LogP contribution < -0.4 is 10.0 Å². The number of rotatable bonds is 11. The van der Waals surface area contributed by atoms with E-state index in [1.165, 1.54) is 6.26 Å². The van der Waals surface area contributed by atoms with Gasteiger partial charge in [0.1, 0.15) is 0 Å². The molecule has 1 atom stereocenters. The van der Waals surface area contributed by atoms with E-state index in [0.29, 0.717) is 19.3 Å². The Kier molecular flexibility index (Phi) is 8.06. The molecule has 0 fully saturated rings. The summed E-state index contributed by atoms with van der Waals surface area (Å²) < 4.78 is 25.5. The number of ketones is 1. The number of fused-ring (bicyclic) bond motifs is 1. The van der Waals surface area contributed by atoms with E-state index < -0.39 is 10.0 Å². The number of halogens is 1. The minimum Gasteiger partial charge on any atom is -0.316 e. The number of hydrogen-bond acceptors (Lipinski definition) is 4. The maximum absolute atomic E-state index is 12.5. The second kappa shape index (κ2) is 10.5. The monoisotopic (exact) mass is 448 g/mol. The van der Waals surface area contributed by atoms with E-state index in [1.807, 2.05) is 42.5 Å². The van der Waals surface area contributed by atoms with Crippen molar-refractivity contribution in [2.45, 2.75) is 44.6 Å². The molecule has 162 valence electrons. The molecular formula is C23H29ClN2O3S. The molecule has 0 radical (unpaired) electrons. The lowest BCUT2D eigenvalue weighted by atomic mass is 10.0. The number of hydrogen-bond donors (Lipinski definition) is 2. The molecule has 2 aromatic rings. The van der Waals surface area contributed by atoms with E-state index in [2.05, 4.69) is 10.0 Å². The SMILES string of the molecule is CS(=O)(=O)NC1Cc2ccc(C(=O)CCCCNCCc3ccccc3Cl)cc2C1. The standard InChI is InChI=1S/C23H29ClN2O3S/c1-30(28,29)26-21-15-18-9-10-19(14-20(18)16-21)23(27)8-4-5-12-25-13-11-17-6-2-3-7-22(17)24/h2-3,6-7,9-10,14,21,25-26H,4-5,8,11-13,15-16H2,1H3. The molecule has 1 aliphatic rings. The van der Waals surface area contributed by atoms with E-state index in [4.69, 9.17) is 11.6 Å². The van der Waals surface area contributed by atoms with Crippen molar-refractivity contribution < 1.29 is 13.2 Å². The van der Waals surface area contributed by atoms with Crippen LogP contribution in [0, 0.1) is 0 Å². The van der Waals surface area contributed by atoms with E-state index in [1.54, 1.807) is 0 Å². The topological polar surface area (TPSA) is 75.3 Å². The van der Waals surface area contributed by atoms with Gasteiger partial charge in [0.25, 0.3) is 0 Å². The Bertz CT molecular complexity index is 992. The van der Waals surface area contributed by atoms with E-state index in [-0.39, 0.29) is 11.8 Å². The Balaban J connectivity index is 1.36. The van der Waals surface area contributed by atoms with E-state index in [9.17, 15) is 13.2 Å². The Morgan fingerprint density at radius 2 is 1.83 bits per heavy atom. The molecular weight excluding hydrogens is 420 g/mol. The molecule has 0 bridgehead atoms. The van der Waals surface area contributed by atoms with Gasteiger partial charge in [-0.25, -0.2) is 13.1 Å². The van der Waals surface area contributed by atoms with Crippen LogP contribution in [0.15, 0.2) is 42.5 Å². The molecule has 0 heterocycles. The first-order chi connectivity index (χ1) is 14.3. The summed E-state index contributed by atoms with van der Waals surface area (Å²) in [6, 6.07) is 13.5. The van der Waals surface area contributed by atoms with Gasteiger partial charge in [0, 0.05) is 23.0 Å². The zero-order valence-corrected chi connectivity index (χ0v) is 18.9. The number of benzene rings is 2. The largest absolute Gasteiger partial charge is 0.316 e. The van der Waals surface area contributed by atoms with E-state index in [0.717, 1.165) is 59.6 Å². The van der Waals surface area contributed by atoms with Crippen molar-refractivity contribution in [1.29, 1.82) is 0 Å². The van der Waals surface area contributed by atoms with Crippen LogP contribution in [-0.2, 0) is 29.3 Å². The summed E-state index contributed by atoms with van der Waals surface area (Å²) in [5.41, 5.74) is 4.06. The van der Waals surface area contributed by atoms with Gasteiger partial charge < -0.3 is 5.32 Å². The normalized spacial score (nSPS) is 15.9. The smallest absolute Gasteiger partial charge is 0.208 e.